The van der Waals surface area contributed by atoms with Crippen LogP contribution in [0.25, 0.3) is 0 Å². The molecular weight excluding hydrogens is 234 g/mol. The summed E-state index contributed by atoms with van der Waals surface area (Å²) in [5.74, 6) is 0.966. The molecular formula is C14H24ClNO. The van der Waals surface area contributed by atoms with E-state index >= 15 is 0 Å². The highest BCUT2D eigenvalue weighted by atomic mass is 35.5. The first-order chi connectivity index (χ1) is 7.67. The number of benzene rings is 1. The first kappa shape index (κ1) is 16.3. The number of hydrogen-bond acceptors (Lipinski definition) is 2. The fraction of sp³-hybridized carbons (Fsp3) is 0.571. The topological polar surface area (TPSA) is 35.2 Å². The van der Waals surface area contributed by atoms with Crippen LogP contribution in [0, 0.1) is 6.92 Å². The van der Waals surface area contributed by atoms with Gasteiger partial charge < -0.3 is 10.5 Å². The molecule has 0 aliphatic rings. The molecule has 1 atom stereocenters. The van der Waals surface area contributed by atoms with Crippen molar-refractivity contribution >= 4 is 12.4 Å². The number of rotatable bonds is 6. The van der Waals surface area contributed by atoms with Gasteiger partial charge in [-0.15, -0.1) is 12.4 Å². The van der Waals surface area contributed by atoms with Crippen LogP contribution < -0.4 is 10.5 Å². The molecule has 0 radical (unpaired) electrons. The predicted octanol–water partition coefficient (Wildman–Crippen LogP) is 3.49. The molecule has 0 bridgehead atoms. The summed E-state index contributed by atoms with van der Waals surface area (Å²) in [6.07, 6.45) is 3.02. The number of aryl methyl sites for hydroxylation is 1. The molecule has 0 spiro atoms. The van der Waals surface area contributed by atoms with Crippen molar-refractivity contribution in [2.24, 2.45) is 5.73 Å². The van der Waals surface area contributed by atoms with Gasteiger partial charge in [-0.25, -0.2) is 0 Å². The van der Waals surface area contributed by atoms with Gasteiger partial charge in [0.1, 0.15) is 5.75 Å². The highest BCUT2D eigenvalue weighted by Gasteiger charge is 2.05. The predicted molar refractivity (Wildman–Crippen MR) is 76.2 cm³/mol. The Morgan fingerprint density at radius 1 is 1.29 bits per heavy atom. The lowest BCUT2D eigenvalue weighted by molar-refractivity contribution is 0.317. The smallest absolute Gasteiger partial charge is 0.119 e. The second-order valence-electron chi connectivity index (χ2n) is 4.31. The van der Waals surface area contributed by atoms with Crippen LogP contribution in [0.2, 0.25) is 0 Å². The van der Waals surface area contributed by atoms with Crippen LogP contribution >= 0.6 is 12.4 Å². The number of hydrogen-bond donors (Lipinski definition) is 1. The molecule has 17 heavy (non-hydrogen) atoms. The highest BCUT2D eigenvalue weighted by molar-refractivity contribution is 5.85. The summed E-state index contributed by atoms with van der Waals surface area (Å²) in [5, 5.41) is 0. The largest absolute Gasteiger partial charge is 0.494 e. The maximum Gasteiger partial charge on any atom is 0.119 e. The lowest BCUT2D eigenvalue weighted by atomic mass is 10.00. The minimum atomic E-state index is 0. The van der Waals surface area contributed by atoms with Crippen molar-refractivity contribution in [3.05, 3.63) is 29.3 Å². The number of halogens is 1. The summed E-state index contributed by atoms with van der Waals surface area (Å²) >= 11 is 0. The van der Waals surface area contributed by atoms with Crippen molar-refractivity contribution < 1.29 is 4.74 Å². The second-order valence-corrected chi connectivity index (χ2v) is 4.31. The summed E-state index contributed by atoms with van der Waals surface area (Å²) < 4.78 is 5.59. The SMILES string of the molecule is CCCOc1ccc(CC(N)CC)c(C)c1.Cl. The molecule has 3 heteroatoms. The average Bonchev–Trinajstić information content (AvgIpc) is 2.29. The molecule has 2 N–H and O–H groups in total. The summed E-state index contributed by atoms with van der Waals surface area (Å²) in [6, 6.07) is 6.55. The van der Waals surface area contributed by atoms with E-state index in [1.165, 1.54) is 11.1 Å². The summed E-state index contributed by atoms with van der Waals surface area (Å²) in [5.41, 5.74) is 8.57. The third kappa shape index (κ3) is 5.42. The third-order valence-electron chi connectivity index (χ3n) is 2.79. The van der Waals surface area contributed by atoms with Crippen LogP contribution in [0.3, 0.4) is 0 Å². The number of nitrogens with two attached hydrogens (primary N) is 1. The van der Waals surface area contributed by atoms with E-state index in [1.807, 2.05) is 6.07 Å². The Morgan fingerprint density at radius 3 is 2.53 bits per heavy atom. The van der Waals surface area contributed by atoms with E-state index in [1.54, 1.807) is 0 Å². The van der Waals surface area contributed by atoms with Gasteiger partial charge in [0.25, 0.3) is 0 Å². The molecule has 0 saturated carbocycles. The van der Waals surface area contributed by atoms with Crippen LogP contribution in [-0.2, 0) is 6.42 Å². The van der Waals surface area contributed by atoms with Crippen molar-refractivity contribution in [1.29, 1.82) is 0 Å². The average molecular weight is 258 g/mol. The van der Waals surface area contributed by atoms with Gasteiger partial charge in [0.2, 0.25) is 0 Å². The fourth-order valence-corrected chi connectivity index (χ4v) is 1.63. The van der Waals surface area contributed by atoms with E-state index in [-0.39, 0.29) is 18.4 Å². The van der Waals surface area contributed by atoms with E-state index in [2.05, 4.69) is 32.9 Å². The minimum absolute atomic E-state index is 0. The lowest BCUT2D eigenvalue weighted by Crippen LogP contribution is -2.21. The second kappa shape index (κ2) is 8.37. The molecule has 1 aromatic carbocycles. The maximum atomic E-state index is 5.96. The van der Waals surface area contributed by atoms with Gasteiger partial charge in [-0.2, -0.15) is 0 Å². The van der Waals surface area contributed by atoms with Gasteiger partial charge in [-0.1, -0.05) is 19.9 Å². The molecule has 0 aromatic heterocycles. The molecule has 0 amide bonds. The van der Waals surface area contributed by atoms with E-state index in [0.29, 0.717) is 0 Å². The zero-order valence-corrected chi connectivity index (χ0v) is 11.8. The van der Waals surface area contributed by atoms with Gasteiger partial charge in [-0.3, -0.25) is 0 Å². The Morgan fingerprint density at radius 2 is 2.00 bits per heavy atom. The van der Waals surface area contributed by atoms with Gasteiger partial charge in [-0.05, 0) is 49.4 Å². The summed E-state index contributed by atoms with van der Waals surface area (Å²) in [4.78, 5) is 0. The van der Waals surface area contributed by atoms with Crippen LogP contribution in [0.15, 0.2) is 18.2 Å². The molecule has 2 nitrogen and oxygen atoms in total. The van der Waals surface area contributed by atoms with Crippen molar-refractivity contribution in [2.45, 2.75) is 46.1 Å². The summed E-state index contributed by atoms with van der Waals surface area (Å²) in [6.45, 7) is 7.14. The maximum absolute atomic E-state index is 5.96. The van der Waals surface area contributed by atoms with E-state index in [9.17, 15) is 0 Å². The van der Waals surface area contributed by atoms with E-state index in [0.717, 1.165) is 31.6 Å². The first-order valence-corrected chi connectivity index (χ1v) is 6.15. The van der Waals surface area contributed by atoms with Crippen molar-refractivity contribution in [3.63, 3.8) is 0 Å². The molecule has 0 aliphatic carbocycles. The van der Waals surface area contributed by atoms with Crippen molar-refractivity contribution in [3.8, 4) is 5.75 Å². The third-order valence-corrected chi connectivity index (χ3v) is 2.79. The molecule has 1 unspecified atom stereocenters. The van der Waals surface area contributed by atoms with Crippen molar-refractivity contribution in [2.75, 3.05) is 6.61 Å². The van der Waals surface area contributed by atoms with Crippen molar-refractivity contribution in [1.82, 2.24) is 0 Å². The van der Waals surface area contributed by atoms with E-state index in [4.69, 9.17) is 10.5 Å². The van der Waals surface area contributed by atoms with Crippen LogP contribution in [0.1, 0.15) is 37.8 Å². The van der Waals surface area contributed by atoms with Gasteiger partial charge >= 0.3 is 0 Å². The fourth-order valence-electron chi connectivity index (χ4n) is 1.63. The van der Waals surface area contributed by atoms with Crippen LogP contribution in [0.4, 0.5) is 0 Å². The lowest BCUT2D eigenvalue weighted by Gasteiger charge is -2.13. The molecule has 98 valence electrons. The van der Waals surface area contributed by atoms with Crippen LogP contribution in [0.5, 0.6) is 5.75 Å². The quantitative estimate of drug-likeness (QED) is 0.847. The molecule has 1 aromatic rings. The molecule has 0 fully saturated rings. The van der Waals surface area contributed by atoms with E-state index < -0.39 is 0 Å². The monoisotopic (exact) mass is 257 g/mol. The van der Waals surface area contributed by atoms with Crippen LogP contribution in [-0.4, -0.2) is 12.6 Å². The van der Waals surface area contributed by atoms with Gasteiger partial charge in [0.05, 0.1) is 6.61 Å². The Bertz CT molecular complexity index is 328. The molecule has 1 rings (SSSR count). The zero-order valence-electron chi connectivity index (χ0n) is 11.0. The Labute approximate surface area is 111 Å². The minimum Gasteiger partial charge on any atom is -0.494 e. The zero-order chi connectivity index (χ0) is 12.0. The van der Waals surface area contributed by atoms with Gasteiger partial charge in [0, 0.05) is 6.04 Å². The Kier molecular flexibility index (Phi) is 8.01. The molecule has 0 aliphatic heterocycles. The molecule has 0 saturated heterocycles. The number of ether oxygens (including phenoxy) is 1. The molecule has 0 heterocycles. The Hall–Kier alpha value is -0.730. The normalized spacial score (nSPS) is 11.8. The highest BCUT2D eigenvalue weighted by Crippen LogP contribution is 2.18. The standard InChI is InChI=1S/C14H23NO.ClH/c1-4-8-16-14-7-6-12(11(3)9-14)10-13(15)5-2;/h6-7,9,13H,4-5,8,10,15H2,1-3H3;1H. The first-order valence-electron chi connectivity index (χ1n) is 6.15. The summed E-state index contributed by atoms with van der Waals surface area (Å²) in [7, 11) is 0. The van der Waals surface area contributed by atoms with Gasteiger partial charge in [0.15, 0.2) is 0 Å². The Balaban J connectivity index is 0.00000256.